The van der Waals surface area contributed by atoms with Crippen molar-refractivity contribution in [2.24, 2.45) is 0 Å². The minimum atomic E-state index is -0.416. The Morgan fingerprint density at radius 3 is 2.78 bits per heavy atom. The highest BCUT2D eigenvalue weighted by molar-refractivity contribution is 6.09. The highest BCUT2D eigenvalue weighted by Crippen LogP contribution is 2.64. The summed E-state index contributed by atoms with van der Waals surface area (Å²) in [6.07, 6.45) is 10.8. The quantitative estimate of drug-likeness (QED) is 0.400. The van der Waals surface area contributed by atoms with Crippen LogP contribution in [0.25, 0.3) is 23.1 Å². The van der Waals surface area contributed by atoms with Gasteiger partial charge in [-0.05, 0) is 73.3 Å². The number of anilines is 1. The molecule has 3 aliphatic rings. The number of amides is 1. The Morgan fingerprint density at radius 1 is 1.03 bits per heavy atom. The molecule has 0 bridgehead atoms. The first-order chi connectivity index (χ1) is 17.7. The maximum atomic E-state index is 12.9. The van der Waals surface area contributed by atoms with Gasteiger partial charge in [0.1, 0.15) is 0 Å². The molecule has 2 aromatic carbocycles. The van der Waals surface area contributed by atoms with E-state index in [-0.39, 0.29) is 11.8 Å². The molecule has 2 aliphatic heterocycles. The smallest absolute Gasteiger partial charge is 0.235 e. The summed E-state index contributed by atoms with van der Waals surface area (Å²) in [7, 11) is 0. The summed E-state index contributed by atoms with van der Waals surface area (Å²) >= 11 is 0. The van der Waals surface area contributed by atoms with Crippen molar-refractivity contribution in [3.63, 3.8) is 0 Å². The number of nitrogens with one attached hydrogen (secondary N) is 2. The number of H-pyrrole nitrogens is 1. The Bertz CT molecular complexity index is 1480. The van der Waals surface area contributed by atoms with E-state index >= 15 is 0 Å². The fraction of sp³-hybridized carbons (Fsp3) is 0.300. The van der Waals surface area contributed by atoms with Gasteiger partial charge in [-0.1, -0.05) is 48.9 Å². The summed E-state index contributed by atoms with van der Waals surface area (Å²) in [4.78, 5) is 20.0. The van der Waals surface area contributed by atoms with Gasteiger partial charge in [0.05, 0.1) is 22.3 Å². The molecule has 1 unspecified atom stereocenters. The van der Waals surface area contributed by atoms with Crippen LogP contribution >= 0.6 is 0 Å². The molecule has 1 saturated heterocycles. The van der Waals surface area contributed by atoms with Crippen molar-refractivity contribution in [2.45, 2.75) is 43.6 Å². The fourth-order valence-electron chi connectivity index (χ4n) is 6.10. The number of piperidine rings is 1. The first-order valence-corrected chi connectivity index (χ1v) is 12.9. The molecule has 1 saturated carbocycles. The van der Waals surface area contributed by atoms with Crippen molar-refractivity contribution in [2.75, 3.05) is 18.4 Å². The molecule has 36 heavy (non-hydrogen) atoms. The number of hydrogen-bond donors (Lipinski definition) is 2. The first kappa shape index (κ1) is 21.5. The van der Waals surface area contributed by atoms with E-state index in [0.29, 0.717) is 0 Å². The monoisotopic (exact) mass is 475 g/mol. The molecular formula is C30H29N5O. The number of pyridine rings is 1. The number of fused-ring (bicyclic) bond motifs is 3. The molecule has 180 valence electrons. The lowest BCUT2D eigenvalue weighted by molar-refractivity contribution is -0.118. The lowest BCUT2D eigenvalue weighted by atomic mass is 9.92. The zero-order valence-corrected chi connectivity index (χ0v) is 20.2. The second kappa shape index (κ2) is 8.42. The predicted molar refractivity (Wildman–Crippen MR) is 142 cm³/mol. The van der Waals surface area contributed by atoms with Crippen LogP contribution < -0.4 is 5.32 Å². The van der Waals surface area contributed by atoms with Gasteiger partial charge in [-0.15, -0.1) is 0 Å². The summed E-state index contributed by atoms with van der Waals surface area (Å²) in [5.74, 6) is 0.319. The van der Waals surface area contributed by atoms with E-state index in [1.165, 1.54) is 37.9 Å². The van der Waals surface area contributed by atoms with Gasteiger partial charge in [-0.25, -0.2) is 0 Å². The zero-order chi connectivity index (χ0) is 24.1. The number of aromatic nitrogens is 3. The third-order valence-electron chi connectivity index (χ3n) is 8.16. The third-order valence-corrected chi connectivity index (χ3v) is 8.16. The second-order valence-corrected chi connectivity index (χ2v) is 10.4. The summed E-state index contributed by atoms with van der Waals surface area (Å²) < 4.78 is 0. The highest BCUT2D eigenvalue weighted by atomic mass is 16.2. The molecule has 2 N–H and O–H groups in total. The van der Waals surface area contributed by atoms with E-state index in [1.807, 2.05) is 30.5 Å². The molecule has 2 aromatic heterocycles. The lowest BCUT2D eigenvalue weighted by Gasteiger charge is -2.25. The SMILES string of the molecule is O=C1Nc2ccccc2C12C[C@H]2c1ccc2c(/C=C/c3ccc(CN4CCCCC4)nc3)n[nH]c2c1. The van der Waals surface area contributed by atoms with Gasteiger partial charge in [-0.3, -0.25) is 19.8 Å². The van der Waals surface area contributed by atoms with Gasteiger partial charge in [0, 0.05) is 29.7 Å². The highest BCUT2D eigenvalue weighted by Gasteiger charge is 2.65. The van der Waals surface area contributed by atoms with Crippen LogP contribution in [0.5, 0.6) is 0 Å². The summed E-state index contributed by atoms with van der Waals surface area (Å²) in [5, 5.41) is 11.9. The molecule has 1 amide bonds. The van der Waals surface area contributed by atoms with Crippen LogP contribution in [0.2, 0.25) is 0 Å². The van der Waals surface area contributed by atoms with Crippen LogP contribution in [-0.2, 0) is 16.8 Å². The molecule has 2 fully saturated rings. The van der Waals surface area contributed by atoms with Crippen molar-refractivity contribution < 1.29 is 4.79 Å². The van der Waals surface area contributed by atoms with E-state index < -0.39 is 5.41 Å². The van der Waals surface area contributed by atoms with Crippen molar-refractivity contribution in [3.05, 3.63) is 88.9 Å². The molecule has 6 heteroatoms. The molecule has 1 spiro atoms. The van der Waals surface area contributed by atoms with Crippen LogP contribution in [-0.4, -0.2) is 39.1 Å². The van der Waals surface area contributed by atoms with Gasteiger partial charge in [0.25, 0.3) is 0 Å². The minimum Gasteiger partial charge on any atom is -0.325 e. The average Bonchev–Trinajstić information content (AvgIpc) is 3.45. The molecule has 0 radical (unpaired) electrons. The van der Waals surface area contributed by atoms with Gasteiger partial charge in [-0.2, -0.15) is 5.10 Å². The van der Waals surface area contributed by atoms with Crippen LogP contribution in [0.3, 0.4) is 0 Å². The molecular weight excluding hydrogens is 446 g/mol. The Balaban J connectivity index is 1.08. The number of carbonyl (C=O) groups is 1. The molecule has 6 nitrogen and oxygen atoms in total. The van der Waals surface area contributed by atoms with Crippen LogP contribution in [0.15, 0.2) is 60.8 Å². The summed E-state index contributed by atoms with van der Waals surface area (Å²) in [6.45, 7) is 3.30. The number of nitrogens with zero attached hydrogens (tertiary/aromatic N) is 3. The number of rotatable bonds is 5. The largest absolute Gasteiger partial charge is 0.325 e. The van der Waals surface area contributed by atoms with E-state index in [1.54, 1.807) is 0 Å². The molecule has 4 aromatic rings. The number of carbonyl (C=O) groups excluding carboxylic acids is 1. The Kier molecular flexibility index (Phi) is 5.03. The summed E-state index contributed by atoms with van der Waals surface area (Å²) in [6, 6.07) is 18.8. The fourth-order valence-corrected chi connectivity index (χ4v) is 6.10. The van der Waals surface area contributed by atoms with Crippen molar-refractivity contribution >= 4 is 34.6 Å². The van der Waals surface area contributed by atoms with E-state index in [0.717, 1.165) is 52.1 Å². The van der Waals surface area contributed by atoms with Crippen molar-refractivity contribution in [3.8, 4) is 0 Å². The van der Waals surface area contributed by atoms with E-state index in [4.69, 9.17) is 0 Å². The van der Waals surface area contributed by atoms with Gasteiger partial charge in [0.2, 0.25) is 5.91 Å². The average molecular weight is 476 g/mol. The van der Waals surface area contributed by atoms with Crippen LogP contribution in [0.4, 0.5) is 5.69 Å². The first-order valence-electron chi connectivity index (χ1n) is 12.9. The maximum Gasteiger partial charge on any atom is 0.235 e. The maximum absolute atomic E-state index is 12.9. The number of likely N-dealkylation sites (tertiary alicyclic amines) is 1. The Labute approximate surface area is 210 Å². The van der Waals surface area contributed by atoms with Gasteiger partial charge in [0.15, 0.2) is 0 Å². The lowest BCUT2D eigenvalue weighted by Crippen LogP contribution is -2.29. The molecule has 4 heterocycles. The van der Waals surface area contributed by atoms with Crippen LogP contribution in [0, 0.1) is 0 Å². The van der Waals surface area contributed by atoms with Gasteiger partial charge < -0.3 is 5.32 Å². The summed E-state index contributed by atoms with van der Waals surface area (Å²) in [5.41, 5.74) is 6.94. The van der Waals surface area contributed by atoms with Crippen LogP contribution in [0.1, 0.15) is 59.7 Å². The van der Waals surface area contributed by atoms with E-state index in [9.17, 15) is 4.79 Å². The van der Waals surface area contributed by atoms with Crippen molar-refractivity contribution in [1.82, 2.24) is 20.1 Å². The number of aromatic amines is 1. The van der Waals surface area contributed by atoms with Crippen molar-refractivity contribution in [1.29, 1.82) is 0 Å². The Hall–Kier alpha value is -3.77. The normalized spacial score (nSPS) is 23.4. The number of benzene rings is 2. The van der Waals surface area contributed by atoms with E-state index in [2.05, 4.69) is 67.9 Å². The molecule has 7 rings (SSSR count). The zero-order valence-electron chi connectivity index (χ0n) is 20.2. The molecule has 2 atom stereocenters. The minimum absolute atomic E-state index is 0.123. The third kappa shape index (κ3) is 3.56. The second-order valence-electron chi connectivity index (χ2n) is 10.4. The van der Waals surface area contributed by atoms with Gasteiger partial charge >= 0.3 is 0 Å². The number of hydrogen-bond acceptors (Lipinski definition) is 4. The number of para-hydroxylation sites is 1. The molecule has 1 aliphatic carbocycles. The Morgan fingerprint density at radius 2 is 1.92 bits per heavy atom. The standard InChI is InChI=1S/C30H29N5O/c36-29-30(24-6-2-3-7-27(24)32-29)17-25(30)21-10-12-23-26(33-34-28(23)16-21)13-9-20-8-11-22(31-18-20)19-35-14-4-1-5-15-35/h2-3,6-13,16,18,25H,1,4-5,14-15,17,19H2,(H,32,36)(H,33,34)/b13-9+/t25-,30?/m0/s1. The topological polar surface area (TPSA) is 73.9 Å². The predicted octanol–water partition coefficient (Wildman–Crippen LogP) is 5.49.